The van der Waals surface area contributed by atoms with Gasteiger partial charge in [0.15, 0.2) is 0 Å². The smallest absolute Gasteiger partial charge is 0.339 e. The minimum atomic E-state index is -0.649. The second kappa shape index (κ2) is 5.87. The van der Waals surface area contributed by atoms with Crippen molar-refractivity contribution in [2.24, 2.45) is 7.05 Å². The number of pyridine rings is 1. The molecule has 0 fully saturated rings. The highest BCUT2D eigenvalue weighted by Crippen LogP contribution is 2.24. The Morgan fingerprint density at radius 1 is 1.43 bits per heavy atom. The van der Waals surface area contributed by atoms with Gasteiger partial charge in [-0.2, -0.15) is 0 Å². The second-order valence-electron chi connectivity index (χ2n) is 4.47. The number of halogens is 1. The normalized spacial score (nSPS) is 10.6. The van der Waals surface area contributed by atoms with Gasteiger partial charge in [0.05, 0.1) is 17.7 Å². The van der Waals surface area contributed by atoms with Gasteiger partial charge in [0, 0.05) is 30.5 Å². The van der Waals surface area contributed by atoms with E-state index in [-0.39, 0.29) is 29.7 Å². The summed E-state index contributed by atoms with van der Waals surface area (Å²) in [6.45, 7) is 1.82. The fourth-order valence-corrected chi connectivity index (χ4v) is 2.28. The number of benzene rings is 1. The Hall–Kier alpha value is -2.50. The van der Waals surface area contributed by atoms with Crippen molar-refractivity contribution in [3.8, 4) is 0 Å². The van der Waals surface area contributed by atoms with Gasteiger partial charge in [-0.05, 0) is 19.1 Å². The summed E-state index contributed by atoms with van der Waals surface area (Å²) in [6.07, 6.45) is 0.377. The number of hydrogen-bond acceptors (Lipinski definition) is 4. The molecule has 0 saturated carbocycles. The van der Waals surface area contributed by atoms with Crippen molar-refractivity contribution in [3.05, 3.63) is 45.5 Å². The first kappa shape index (κ1) is 14.9. The summed E-state index contributed by atoms with van der Waals surface area (Å²) in [4.78, 5) is 34.7. The van der Waals surface area contributed by atoms with Crippen LogP contribution in [0.15, 0.2) is 23.0 Å². The van der Waals surface area contributed by atoms with Crippen LogP contribution >= 0.6 is 0 Å². The molecule has 0 aliphatic rings. The molecule has 2 rings (SSSR count). The van der Waals surface area contributed by atoms with Gasteiger partial charge in [-0.1, -0.05) is 0 Å². The summed E-state index contributed by atoms with van der Waals surface area (Å²) < 4.78 is 20.0. The predicted octanol–water partition coefficient (Wildman–Crippen LogP) is 1.60. The van der Waals surface area contributed by atoms with E-state index in [9.17, 15) is 18.8 Å². The lowest BCUT2D eigenvalue weighted by Gasteiger charge is -2.13. The molecular weight excluding hydrogens is 277 g/mol. The van der Waals surface area contributed by atoms with E-state index in [1.165, 1.54) is 23.7 Å². The zero-order valence-corrected chi connectivity index (χ0v) is 11.7. The van der Waals surface area contributed by atoms with Crippen LogP contribution in [-0.4, -0.2) is 23.4 Å². The Morgan fingerprint density at radius 2 is 2.14 bits per heavy atom. The van der Waals surface area contributed by atoms with Crippen LogP contribution in [0.4, 0.5) is 4.39 Å². The number of ether oxygens (including phenoxy) is 1. The molecule has 0 bridgehead atoms. The molecule has 1 aromatic carbocycles. The third-order valence-electron chi connectivity index (χ3n) is 3.23. The largest absolute Gasteiger partial charge is 0.462 e. The van der Waals surface area contributed by atoms with E-state index in [0.717, 1.165) is 6.07 Å². The maximum atomic E-state index is 13.9. The monoisotopic (exact) mass is 291 g/mol. The third-order valence-corrected chi connectivity index (χ3v) is 3.23. The summed E-state index contributed by atoms with van der Waals surface area (Å²) in [5.74, 6) is -1.24. The Bertz CT molecular complexity index is 779. The molecule has 0 amide bonds. The number of rotatable bonds is 4. The summed E-state index contributed by atoms with van der Waals surface area (Å²) in [7, 11) is 1.47. The summed E-state index contributed by atoms with van der Waals surface area (Å²) in [5.41, 5.74) is -0.0729. The van der Waals surface area contributed by atoms with Gasteiger partial charge in [-0.3, -0.25) is 4.79 Å². The number of nitrogens with zero attached hydrogens (tertiary/aromatic N) is 1. The zero-order valence-electron chi connectivity index (χ0n) is 11.7. The maximum Gasteiger partial charge on any atom is 0.339 e. The van der Waals surface area contributed by atoms with Crippen molar-refractivity contribution >= 4 is 23.2 Å². The molecule has 2 aromatic rings. The molecule has 110 valence electrons. The van der Waals surface area contributed by atoms with Crippen LogP contribution in [0, 0.1) is 5.82 Å². The molecule has 0 saturated heterocycles. The molecule has 1 aromatic heterocycles. The highest BCUT2D eigenvalue weighted by Gasteiger charge is 2.18. The van der Waals surface area contributed by atoms with Crippen LogP contribution < -0.4 is 5.56 Å². The summed E-state index contributed by atoms with van der Waals surface area (Å²) in [5, 5.41) is 0.383. The first-order valence-corrected chi connectivity index (χ1v) is 6.43. The molecule has 0 atom stereocenters. The third kappa shape index (κ3) is 2.56. The molecule has 0 aliphatic carbocycles. The zero-order chi connectivity index (χ0) is 15.6. The van der Waals surface area contributed by atoms with E-state index in [1.807, 2.05) is 0 Å². The minimum Gasteiger partial charge on any atom is -0.462 e. The molecule has 0 unspecified atom stereocenters. The standard InChI is InChI=1S/C15H14FNO4/c1-3-21-15(20)11-8-13(19)17(2)14-9(11)4-5-12(16)10(14)6-7-18/h4-5,7-8H,3,6H2,1-2H3. The predicted molar refractivity (Wildman–Crippen MR) is 74.9 cm³/mol. The van der Waals surface area contributed by atoms with E-state index in [0.29, 0.717) is 11.7 Å². The first-order valence-electron chi connectivity index (χ1n) is 6.43. The van der Waals surface area contributed by atoms with Crippen molar-refractivity contribution in [1.29, 1.82) is 0 Å². The Labute approximate surface area is 119 Å². The number of esters is 1. The average molecular weight is 291 g/mol. The number of carbonyl (C=O) groups is 2. The highest BCUT2D eigenvalue weighted by molar-refractivity contribution is 6.04. The van der Waals surface area contributed by atoms with Crippen molar-refractivity contribution in [3.63, 3.8) is 0 Å². The number of carbonyl (C=O) groups excluding carboxylic acids is 2. The lowest BCUT2D eigenvalue weighted by molar-refractivity contribution is -0.107. The Balaban J connectivity index is 2.89. The fraction of sp³-hybridized carbons (Fsp3) is 0.267. The van der Waals surface area contributed by atoms with E-state index in [4.69, 9.17) is 4.74 Å². The quantitative estimate of drug-likeness (QED) is 0.634. The molecule has 0 spiro atoms. The number of aromatic nitrogens is 1. The van der Waals surface area contributed by atoms with E-state index in [1.54, 1.807) is 6.92 Å². The molecule has 0 radical (unpaired) electrons. The topological polar surface area (TPSA) is 65.4 Å². The van der Waals surface area contributed by atoms with Crippen molar-refractivity contribution in [2.45, 2.75) is 13.3 Å². The lowest BCUT2D eigenvalue weighted by atomic mass is 10.0. The molecule has 21 heavy (non-hydrogen) atoms. The van der Waals surface area contributed by atoms with Gasteiger partial charge in [0.2, 0.25) is 0 Å². The summed E-state index contributed by atoms with van der Waals surface area (Å²) in [6, 6.07) is 3.74. The Kier molecular flexibility index (Phi) is 4.16. The van der Waals surface area contributed by atoms with Gasteiger partial charge in [0.25, 0.3) is 5.56 Å². The van der Waals surface area contributed by atoms with Gasteiger partial charge >= 0.3 is 5.97 Å². The van der Waals surface area contributed by atoms with Crippen LogP contribution in [-0.2, 0) is 23.0 Å². The second-order valence-corrected chi connectivity index (χ2v) is 4.47. The van der Waals surface area contributed by atoms with Crippen LogP contribution in [0.5, 0.6) is 0 Å². The SMILES string of the molecule is CCOC(=O)c1cc(=O)n(C)c2c(CC=O)c(F)ccc12. The van der Waals surface area contributed by atoms with Crippen molar-refractivity contribution < 1.29 is 18.7 Å². The number of aldehydes is 1. The van der Waals surface area contributed by atoms with E-state index < -0.39 is 17.3 Å². The molecule has 0 N–H and O–H groups in total. The van der Waals surface area contributed by atoms with E-state index in [2.05, 4.69) is 0 Å². The minimum absolute atomic E-state index is 0.0714. The highest BCUT2D eigenvalue weighted by atomic mass is 19.1. The molecule has 5 nitrogen and oxygen atoms in total. The van der Waals surface area contributed by atoms with Crippen LogP contribution in [0.25, 0.3) is 10.9 Å². The Morgan fingerprint density at radius 3 is 2.76 bits per heavy atom. The molecule has 1 heterocycles. The summed E-state index contributed by atoms with van der Waals surface area (Å²) >= 11 is 0. The van der Waals surface area contributed by atoms with Gasteiger partial charge in [-0.15, -0.1) is 0 Å². The van der Waals surface area contributed by atoms with Crippen LogP contribution in [0.3, 0.4) is 0 Å². The number of fused-ring (bicyclic) bond motifs is 1. The fourth-order valence-electron chi connectivity index (χ4n) is 2.28. The van der Waals surface area contributed by atoms with Crippen LogP contribution in [0.2, 0.25) is 0 Å². The van der Waals surface area contributed by atoms with Crippen molar-refractivity contribution in [2.75, 3.05) is 6.61 Å². The molecule has 6 heteroatoms. The van der Waals surface area contributed by atoms with Crippen molar-refractivity contribution in [1.82, 2.24) is 4.57 Å². The number of hydrogen-bond donors (Lipinski definition) is 0. The maximum absolute atomic E-state index is 13.9. The van der Waals surface area contributed by atoms with Gasteiger partial charge in [-0.25, -0.2) is 9.18 Å². The number of aryl methyl sites for hydroxylation is 1. The molecule has 0 aliphatic heterocycles. The van der Waals surface area contributed by atoms with Gasteiger partial charge in [0.1, 0.15) is 12.1 Å². The first-order chi connectivity index (χ1) is 10.0. The van der Waals surface area contributed by atoms with Gasteiger partial charge < -0.3 is 14.1 Å². The average Bonchev–Trinajstić information content (AvgIpc) is 2.45. The van der Waals surface area contributed by atoms with E-state index >= 15 is 0 Å². The lowest BCUT2D eigenvalue weighted by Crippen LogP contribution is -2.21. The van der Waals surface area contributed by atoms with Crippen LogP contribution in [0.1, 0.15) is 22.8 Å². The molecular formula is C15H14FNO4.